The van der Waals surface area contributed by atoms with Crippen molar-refractivity contribution >= 4 is 5.69 Å². The van der Waals surface area contributed by atoms with Crippen LogP contribution in [0.25, 0.3) is 0 Å². The lowest BCUT2D eigenvalue weighted by molar-refractivity contribution is 1.03. The first kappa shape index (κ1) is 9.63. The molecule has 68 valence electrons. The quantitative estimate of drug-likeness (QED) is 0.497. The Kier molecular flexibility index (Phi) is 3.36. The van der Waals surface area contributed by atoms with E-state index in [2.05, 4.69) is 11.8 Å². The van der Waals surface area contributed by atoms with E-state index in [9.17, 15) is 0 Å². The van der Waals surface area contributed by atoms with E-state index >= 15 is 0 Å². The van der Waals surface area contributed by atoms with Gasteiger partial charge in [-0.15, -0.1) is 0 Å². The molecule has 0 heterocycles. The molecule has 0 amide bonds. The van der Waals surface area contributed by atoms with Gasteiger partial charge in [0.2, 0.25) is 0 Å². The highest BCUT2D eigenvalue weighted by Gasteiger charge is 1.96. The van der Waals surface area contributed by atoms with E-state index < -0.39 is 0 Å². The van der Waals surface area contributed by atoms with Crippen LogP contribution in [0.4, 0.5) is 5.69 Å². The van der Waals surface area contributed by atoms with Crippen molar-refractivity contribution in [3.8, 4) is 11.8 Å². The first-order valence-corrected chi connectivity index (χ1v) is 4.29. The third-order valence-electron chi connectivity index (χ3n) is 1.87. The van der Waals surface area contributed by atoms with Gasteiger partial charge in [0.05, 0.1) is 0 Å². The Morgan fingerprint density at radius 2 is 2.15 bits per heavy atom. The fourth-order valence-electron chi connectivity index (χ4n) is 1.02. The second-order valence-corrected chi connectivity index (χ2v) is 2.86. The van der Waals surface area contributed by atoms with Crippen LogP contribution in [0.1, 0.15) is 17.5 Å². The van der Waals surface area contributed by atoms with Crippen LogP contribution in [0, 0.1) is 18.8 Å². The zero-order chi connectivity index (χ0) is 9.68. The summed E-state index contributed by atoms with van der Waals surface area (Å²) >= 11 is 0. The second-order valence-electron chi connectivity index (χ2n) is 2.86. The number of rotatable bonds is 1. The summed E-state index contributed by atoms with van der Waals surface area (Å²) in [5.41, 5.74) is 13.9. The van der Waals surface area contributed by atoms with Crippen LogP contribution >= 0.6 is 0 Å². The van der Waals surface area contributed by atoms with Crippen molar-refractivity contribution in [2.75, 3.05) is 12.3 Å². The molecular weight excluding hydrogens is 160 g/mol. The maximum Gasteiger partial charge on any atom is 0.0356 e. The van der Waals surface area contributed by atoms with E-state index in [1.165, 1.54) is 0 Å². The molecule has 0 unspecified atom stereocenters. The van der Waals surface area contributed by atoms with Crippen LogP contribution in [0.3, 0.4) is 0 Å². The van der Waals surface area contributed by atoms with Gasteiger partial charge in [0.15, 0.2) is 0 Å². The lowest BCUT2D eigenvalue weighted by Gasteiger charge is -2.00. The van der Waals surface area contributed by atoms with Crippen molar-refractivity contribution in [3.63, 3.8) is 0 Å². The smallest absolute Gasteiger partial charge is 0.0356 e. The Bertz CT molecular complexity index is 345. The van der Waals surface area contributed by atoms with E-state index in [1.807, 2.05) is 25.1 Å². The van der Waals surface area contributed by atoms with Gasteiger partial charge in [-0.1, -0.05) is 17.9 Å². The highest BCUT2D eigenvalue weighted by molar-refractivity contribution is 5.55. The number of benzene rings is 1. The molecule has 1 aromatic carbocycles. The van der Waals surface area contributed by atoms with E-state index in [4.69, 9.17) is 11.5 Å². The maximum atomic E-state index is 5.73. The van der Waals surface area contributed by atoms with Gasteiger partial charge in [-0.25, -0.2) is 0 Å². The molecule has 1 rings (SSSR count). The molecular formula is C11H14N2. The fraction of sp³-hybridized carbons (Fsp3) is 0.273. The Balaban J connectivity index is 2.91. The Morgan fingerprint density at radius 1 is 1.38 bits per heavy atom. The van der Waals surface area contributed by atoms with Crippen molar-refractivity contribution in [1.29, 1.82) is 0 Å². The first-order valence-electron chi connectivity index (χ1n) is 4.29. The van der Waals surface area contributed by atoms with Crippen LogP contribution in [0.2, 0.25) is 0 Å². The molecule has 0 aliphatic rings. The summed E-state index contributed by atoms with van der Waals surface area (Å²) < 4.78 is 0. The highest BCUT2D eigenvalue weighted by atomic mass is 14.6. The van der Waals surface area contributed by atoms with Gasteiger partial charge < -0.3 is 11.5 Å². The molecule has 0 aliphatic heterocycles. The highest BCUT2D eigenvalue weighted by Crippen LogP contribution is 2.13. The third-order valence-corrected chi connectivity index (χ3v) is 1.87. The molecule has 0 fully saturated rings. The molecule has 13 heavy (non-hydrogen) atoms. The van der Waals surface area contributed by atoms with Crippen molar-refractivity contribution in [3.05, 3.63) is 29.3 Å². The summed E-state index contributed by atoms with van der Waals surface area (Å²) in [5.74, 6) is 6.03. The summed E-state index contributed by atoms with van der Waals surface area (Å²) in [5, 5.41) is 0. The number of hydrogen-bond acceptors (Lipinski definition) is 2. The van der Waals surface area contributed by atoms with Crippen LogP contribution in [-0.4, -0.2) is 6.54 Å². The minimum Gasteiger partial charge on any atom is -0.398 e. The van der Waals surface area contributed by atoms with Gasteiger partial charge in [-0.3, -0.25) is 0 Å². The SMILES string of the molecule is Cc1c(N)cccc1C#CCCN. The zero-order valence-corrected chi connectivity index (χ0v) is 7.80. The van der Waals surface area contributed by atoms with Crippen LogP contribution < -0.4 is 11.5 Å². The van der Waals surface area contributed by atoms with Crippen molar-refractivity contribution in [1.82, 2.24) is 0 Å². The monoisotopic (exact) mass is 174 g/mol. The van der Waals surface area contributed by atoms with Crippen LogP contribution in [0.5, 0.6) is 0 Å². The molecule has 2 heteroatoms. The number of nitrogens with two attached hydrogens (primary N) is 2. The third kappa shape index (κ3) is 2.50. The number of nitrogen functional groups attached to an aromatic ring is 1. The average Bonchev–Trinajstić information content (AvgIpc) is 2.13. The Morgan fingerprint density at radius 3 is 2.85 bits per heavy atom. The lowest BCUT2D eigenvalue weighted by Crippen LogP contribution is -1.96. The van der Waals surface area contributed by atoms with Gasteiger partial charge in [-0.2, -0.15) is 0 Å². The normalized spacial score (nSPS) is 9.08. The topological polar surface area (TPSA) is 52.0 Å². The van der Waals surface area contributed by atoms with Gasteiger partial charge in [0.1, 0.15) is 0 Å². The van der Waals surface area contributed by atoms with E-state index in [-0.39, 0.29) is 0 Å². The molecule has 0 spiro atoms. The molecule has 2 nitrogen and oxygen atoms in total. The predicted octanol–water partition coefficient (Wildman–Crippen LogP) is 1.28. The molecule has 0 atom stereocenters. The van der Waals surface area contributed by atoms with Gasteiger partial charge >= 0.3 is 0 Å². The standard InChI is InChI=1S/C11H14N2/c1-9-10(5-2-3-8-12)6-4-7-11(9)13/h4,6-7H,3,8,12-13H2,1H3. The minimum atomic E-state index is 0.606. The second kappa shape index (κ2) is 4.54. The number of hydrogen-bond donors (Lipinski definition) is 2. The zero-order valence-electron chi connectivity index (χ0n) is 7.80. The Labute approximate surface area is 78.9 Å². The first-order chi connectivity index (χ1) is 6.25. The van der Waals surface area contributed by atoms with Gasteiger partial charge in [0.25, 0.3) is 0 Å². The van der Waals surface area contributed by atoms with Crippen molar-refractivity contribution in [2.24, 2.45) is 5.73 Å². The molecule has 0 aromatic heterocycles. The summed E-state index contributed by atoms with van der Waals surface area (Å²) in [6.07, 6.45) is 0.730. The summed E-state index contributed by atoms with van der Waals surface area (Å²) in [6.45, 7) is 2.58. The molecule has 0 radical (unpaired) electrons. The molecule has 1 aromatic rings. The number of anilines is 1. The lowest BCUT2D eigenvalue weighted by atomic mass is 10.1. The summed E-state index contributed by atoms with van der Waals surface area (Å²) in [7, 11) is 0. The average molecular weight is 174 g/mol. The molecule has 4 N–H and O–H groups in total. The van der Waals surface area contributed by atoms with E-state index in [0.29, 0.717) is 6.54 Å². The van der Waals surface area contributed by atoms with Crippen molar-refractivity contribution < 1.29 is 0 Å². The minimum absolute atomic E-state index is 0.606. The Hall–Kier alpha value is -1.46. The summed E-state index contributed by atoms with van der Waals surface area (Å²) in [4.78, 5) is 0. The van der Waals surface area contributed by atoms with Crippen molar-refractivity contribution in [2.45, 2.75) is 13.3 Å². The molecule has 0 aliphatic carbocycles. The van der Waals surface area contributed by atoms with E-state index in [1.54, 1.807) is 0 Å². The fourth-order valence-corrected chi connectivity index (χ4v) is 1.02. The predicted molar refractivity (Wildman–Crippen MR) is 56.1 cm³/mol. The molecule has 0 bridgehead atoms. The van der Waals surface area contributed by atoms with Crippen LogP contribution in [0.15, 0.2) is 18.2 Å². The van der Waals surface area contributed by atoms with Gasteiger partial charge in [-0.05, 0) is 24.6 Å². The molecule has 0 saturated heterocycles. The maximum absolute atomic E-state index is 5.73. The molecule has 0 saturated carbocycles. The largest absolute Gasteiger partial charge is 0.398 e. The summed E-state index contributed by atoms with van der Waals surface area (Å²) in [6, 6.07) is 5.76. The van der Waals surface area contributed by atoms with Crippen LogP contribution in [-0.2, 0) is 0 Å². The van der Waals surface area contributed by atoms with Gasteiger partial charge in [0, 0.05) is 24.2 Å². The van der Waals surface area contributed by atoms with E-state index in [0.717, 1.165) is 23.2 Å².